The number of esters is 1. The fourth-order valence-corrected chi connectivity index (χ4v) is 1.41. The van der Waals surface area contributed by atoms with Crippen LogP contribution in [0.5, 0.6) is 11.5 Å². The first-order valence-electron chi connectivity index (χ1n) is 4.53. The van der Waals surface area contributed by atoms with Crippen molar-refractivity contribution in [3.8, 4) is 11.5 Å². The number of benzene rings is 1. The summed E-state index contributed by atoms with van der Waals surface area (Å²) in [6, 6.07) is 4.75. The number of carbonyl (C=O) groups excluding carboxylic acids is 1. The van der Waals surface area contributed by atoms with Gasteiger partial charge >= 0.3 is 5.97 Å². The summed E-state index contributed by atoms with van der Waals surface area (Å²) in [5.74, 6) is 0.967. The third-order valence-electron chi connectivity index (χ3n) is 2.28. The molecule has 80 valence electrons. The van der Waals surface area contributed by atoms with Crippen LogP contribution in [0.2, 0.25) is 0 Å². The highest BCUT2D eigenvalue weighted by atomic mass is 16.7. The first-order valence-corrected chi connectivity index (χ1v) is 4.53. The maximum absolute atomic E-state index is 11.3. The first-order chi connectivity index (χ1) is 7.22. The van der Waals surface area contributed by atoms with Crippen LogP contribution in [-0.2, 0) is 9.53 Å². The standard InChI is InChI=1S/C10H11NO4/c1-13-10(12)9(11)6-2-3-7-8(4-6)15-5-14-7/h2-4,9H,5,11H2,1H3/p+1. The van der Waals surface area contributed by atoms with Crippen LogP contribution in [0.3, 0.4) is 0 Å². The number of methoxy groups -OCH3 is 1. The summed E-state index contributed by atoms with van der Waals surface area (Å²) in [6.07, 6.45) is 0. The summed E-state index contributed by atoms with van der Waals surface area (Å²) < 4.78 is 15.0. The van der Waals surface area contributed by atoms with Crippen LogP contribution < -0.4 is 15.2 Å². The molecule has 0 amide bonds. The minimum Gasteiger partial charge on any atom is -0.464 e. The van der Waals surface area contributed by atoms with Crippen LogP contribution in [0.1, 0.15) is 11.6 Å². The third kappa shape index (κ3) is 1.73. The Morgan fingerprint density at radius 2 is 2.20 bits per heavy atom. The molecule has 5 heteroatoms. The van der Waals surface area contributed by atoms with Gasteiger partial charge in [-0.2, -0.15) is 0 Å². The van der Waals surface area contributed by atoms with Gasteiger partial charge in [-0.1, -0.05) is 0 Å². The van der Waals surface area contributed by atoms with Gasteiger partial charge in [0.15, 0.2) is 11.5 Å². The van der Waals surface area contributed by atoms with Crippen molar-refractivity contribution in [3.63, 3.8) is 0 Å². The number of hydrogen-bond acceptors (Lipinski definition) is 4. The molecule has 1 aromatic carbocycles. The lowest BCUT2D eigenvalue weighted by Gasteiger charge is -2.06. The summed E-state index contributed by atoms with van der Waals surface area (Å²) in [7, 11) is 1.34. The van der Waals surface area contributed by atoms with E-state index < -0.39 is 6.04 Å². The molecule has 0 spiro atoms. The molecule has 1 atom stereocenters. The molecular formula is C10H12NO4+. The fraction of sp³-hybridized carbons (Fsp3) is 0.300. The SMILES string of the molecule is COC(=O)C([NH3+])c1ccc2c(c1)OCO2. The zero-order valence-electron chi connectivity index (χ0n) is 8.36. The molecule has 1 unspecified atom stereocenters. The molecule has 1 aliphatic rings. The molecule has 1 aromatic rings. The average Bonchev–Trinajstić information content (AvgIpc) is 2.73. The molecule has 5 nitrogen and oxygen atoms in total. The molecule has 15 heavy (non-hydrogen) atoms. The maximum atomic E-state index is 11.3. The Balaban J connectivity index is 2.26. The lowest BCUT2D eigenvalue weighted by molar-refractivity contribution is -0.414. The van der Waals surface area contributed by atoms with Gasteiger partial charge in [0.2, 0.25) is 12.8 Å². The van der Waals surface area contributed by atoms with Crippen molar-refractivity contribution >= 4 is 5.97 Å². The number of rotatable bonds is 2. The van der Waals surface area contributed by atoms with Crippen molar-refractivity contribution in [3.05, 3.63) is 23.8 Å². The zero-order chi connectivity index (χ0) is 10.8. The molecule has 0 aliphatic carbocycles. The third-order valence-corrected chi connectivity index (χ3v) is 2.28. The van der Waals surface area contributed by atoms with E-state index in [1.54, 1.807) is 18.2 Å². The first kappa shape index (κ1) is 9.79. The van der Waals surface area contributed by atoms with E-state index in [0.717, 1.165) is 5.56 Å². The lowest BCUT2D eigenvalue weighted by atomic mass is 10.1. The van der Waals surface area contributed by atoms with Crippen LogP contribution in [0.25, 0.3) is 0 Å². The summed E-state index contributed by atoms with van der Waals surface area (Å²) >= 11 is 0. The maximum Gasteiger partial charge on any atom is 0.369 e. The van der Waals surface area contributed by atoms with Gasteiger partial charge in [0.25, 0.3) is 0 Å². The number of ether oxygens (including phenoxy) is 3. The van der Waals surface area contributed by atoms with E-state index in [2.05, 4.69) is 10.5 Å². The van der Waals surface area contributed by atoms with E-state index in [1.807, 2.05) is 0 Å². The Kier molecular flexibility index (Phi) is 2.47. The number of fused-ring (bicyclic) bond motifs is 1. The van der Waals surface area contributed by atoms with Crippen LogP contribution in [0.4, 0.5) is 0 Å². The van der Waals surface area contributed by atoms with E-state index in [0.29, 0.717) is 11.5 Å². The molecule has 0 saturated heterocycles. The molecular weight excluding hydrogens is 198 g/mol. The predicted octanol–water partition coefficient (Wildman–Crippen LogP) is -0.129. The van der Waals surface area contributed by atoms with Crippen molar-refractivity contribution in [2.45, 2.75) is 6.04 Å². The van der Waals surface area contributed by atoms with E-state index in [-0.39, 0.29) is 12.8 Å². The number of carbonyl (C=O) groups is 1. The van der Waals surface area contributed by atoms with Crippen molar-refractivity contribution in [2.75, 3.05) is 13.9 Å². The Hall–Kier alpha value is -1.75. The molecule has 0 aromatic heterocycles. The van der Waals surface area contributed by atoms with Crippen molar-refractivity contribution in [1.29, 1.82) is 0 Å². The monoisotopic (exact) mass is 210 g/mol. The highest BCUT2D eigenvalue weighted by Gasteiger charge is 2.23. The van der Waals surface area contributed by atoms with Gasteiger partial charge in [-0.3, -0.25) is 0 Å². The highest BCUT2D eigenvalue weighted by Crippen LogP contribution is 2.33. The van der Waals surface area contributed by atoms with Gasteiger partial charge in [0.05, 0.1) is 7.11 Å². The van der Waals surface area contributed by atoms with Crippen LogP contribution in [0.15, 0.2) is 18.2 Å². The van der Waals surface area contributed by atoms with Gasteiger partial charge in [0.1, 0.15) is 0 Å². The van der Waals surface area contributed by atoms with Gasteiger partial charge in [-0.05, 0) is 18.2 Å². The number of quaternary nitrogens is 1. The van der Waals surface area contributed by atoms with Crippen molar-refractivity contribution < 1.29 is 24.7 Å². The molecule has 0 radical (unpaired) electrons. The Labute approximate surface area is 86.7 Å². The second kappa shape index (κ2) is 3.78. The normalized spacial score (nSPS) is 14.8. The molecule has 3 N–H and O–H groups in total. The molecule has 0 fully saturated rings. The largest absolute Gasteiger partial charge is 0.464 e. The Morgan fingerprint density at radius 3 is 2.93 bits per heavy atom. The van der Waals surface area contributed by atoms with E-state index in [9.17, 15) is 4.79 Å². The second-order valence-corrected chi connectivity index (χ2v) is 3.19. The minimum atomic E-state index is -0.538. The van der Waals surface area contributed by atoms with Crippen molar-refractivity contribution in [2.24, 2.45) is 0 Å². The van der Waals surface area contributed by atoms with Crippen LogP contribution >= 0.6 is 0 Å². The summed E-state index contributed by atoms with van der Waals surface area (Å²) in [4.78, 5) is 11.3. The molecule has 1 heterocycles. The summed E-state index contributed by atoms with van der Waals surface area (Å²) in [6.45, 7) is 0.221. The van der Waals surface area contributed by atoms with E-state index in [1.165, 1.54) is 7.11 Å². The molecule has 0 saturated carbocycles. The minimum absolute atomic E-state index is 0.221. The molecule has 0 bridgehead atoms. The predicted molar refractivity (Wildman–Crippen MR) is 50.2 cm³/mol. The van der Waals surface area contributed by atoms with Gasteiger partial charge in [-0.15, -0.1) is 0 Å². The Morgan fingerprint density at radius 1 is 1.47 bits per heavy atom. The molecule has 2 rings (SSSR count). The fourth-order valence-electron chi connectivity index (χ4n) is 1.41. The van der Waals surface area contributed by atoms with Gasteiger partial charge < -0.3 is 19.9 Å². The van der Waals surface area contributed by atoms with Gasteiger partial charge in [0, 0.05) is 5.56 Å². The van der Waals surface area contributed by atoms with Crippen molar-refractivity contribution in [1.82, 2.24) is 0 Å². The lowest BCUT2D eigenvalue weighted by Crippen LogP contribution is -2.57. The summed E-state index contributed by atoms with van der Waals surface area (Å²) in [5.41, 5.74) is 4.49. The number of hydrogen-bond donors (Lipinski definition) is 1. The van der Waals surface area contributed by atoms with E-state index >= 15 is 0 Å². The molecule has 1 aliphatic heterocycles. The van der Waals surface area contributed by atoms with Crippen LogP contribution in [-0.4, -0.2) is 19.9 Å². The smallest absolute Gasteiger partial charge is 0.369 e. The topological polar surface area (TPSA) is 72.4 Å². The second-order valence-electron chi connectivity index (χ2n) is 3.19. The Bertz CT molecular complexity index is 391. The van der Waals surface area contributed by atoms with Gasteiger partial charge in [-0.25, -0.2) is 4.79 Å². The quantitative estimate of drug-likeness (QED) is 0.690. The zero-order valence-corrected chi connectivity index (χ0v) is 8.36. The highest BCUT2D eigenvalue weighted by molar-refractivity contribution is 5.76. The van der Waals surface area contributed by atoms with Crippen LogP contribution in [0, 0.1) is 0 Å². The van der Waals surface area contributed by atoms with E-state index in [4.69, 9.17) is 9.47 Å². The average molecular weight is 210 g/mol. The summed E-state index contributed by atoms with van der Waals surface area (Å²) in [5, 5.41) is 0.